The zero-order valence-electron chi connectivity index (χ0n) is 29.3. The maximum atomic E-state index is 12.9. The topological polar surface area (TPSA) is 213 Å². The summed E-state index contributed by atoms with van der Waals surface area (Å²) in [6.07, 6.45) is 0.911. The molecule has 1 fully saturated rings. The number of rotatable bonds is 21. The van der Waals surface area contributed by atoms with Crippen LogP contribution in [0.2, 0.25) is 0 Å². The standard InChI is InChI=1S/C36H43F3N2O13/c1-50-32-18-23(35(47)51-16-7-17-53-41(48)49)12-15-31(32)54-34(46)21-40-33(45)11-5-3-2-4-10-27-28(30(44)20-29(27)43)14-13-25(42)22-52-26-9-6-8-24(19-26)36(37,38)39/h2,4,6,8-9,12-15,18-19,25,27-30,42-44H,3,5,7,10-11,16-17,20-22H2,1H3,(H,40,45)/b4-2-,14-13+/t25-,27-,28-,29+,30-/m1/s1. The van der Waals surface area contributed by atoms with E-state index in [0.29, 0.717) is 19.3 Å². The summed E-state index contributed by atoms with van der Waals surface area (Å²) in [5.74, 6) is -2.79. The number of carbonyl (C=O) groups excluding carboxylic acids is 3. The van der Waals surface area contributed by atoms with Gasteiger partial charge in [-0.05, 0) is 61.6 Å². The summed E-state index contributed by atoms with van der Waals surface area (Å²) in [4.78, 5) is 51.1. The highest BCUT2D eigenvalue weighted by Crippen LogP contribution is 2.36. The first-order valence-corrected chi connectivity index (χ1v) is 16.9. The average molecular weight is 769 g/mol. The molecular weight excluding hydrogens is 725 g/mol. The molecule has 0 heterocycles. The zero-order chi connectivity index (χ0) is 39.7. The fraction of sp³-hybridized carbons (Fsp3) is 0.472. The van der Waals surface area contributed by atoms with E-state index in [4.69, 9.17) is 18.9 Å². The third-order valence-corrected chi connectivity index (χ3v) is 8.17. The van der Waals surface area contributed by atoms with Gasteiger partial charge in [0.1, 0.15) is 25.0 Å². The second kappa shape index (κ2) is 21.5. The van der Waals surface area contributed by atoms with Gasteiger partial charge in [-0.1, -0.05) is 30.4 Å². The minimum Gasteiger partial charge on any atom is -0.493 e. The summed E-state index contributed by atoms with van der Waals surface area (Å²) in [5, 5.41) is 42.9. The number of alkyl halides is 3. The van der Waals surface area contributed by atoms with Crippen LogP contribution < -0.4 is 19.5 Å². The first-order chi connectivity index (χ1) is 25.7. The Morgan fingerprint density at radius 2 is 1.83 bits per heavy atom. The SMILES string of the molecule is COc1cc(C(=O)OCCCO[N+](=O)[O-])ccc1OC(=O)CNC(=O)CCC/C=C\C[C@@H]1[C@@H](/C=C/[C@@H](O)COc2cccc(C(F)(F)F)c2)[C@H](O)C[C@@H]1O. The van der Waals surface area contributed by atoms with E-state index in [1.54, 1.807) is 6.08 Å². The van der Waals surface area contributed by atoms with Crippen LogP contribution in [0.5, 0.6) is 17.2 Å². The Kier molecular flexibility index (Phi) is 17.2. The van der Waals surface area contributed by atoms with Crippen LogP contribution in [0.3, 0.4) is 0 Å². The number of methoxy groups -OCH3 is 1. The third kappa shape index (κ3) is 14.7. The second-order valence-electron chi connectivity index (χ2n) is 12.2. The van der Waals surface area contributed by atoms with Crippen molar-refractivity contribution in [3.05, 3.63) is 88.0 Å². The van der Waals surface area contributed by atoms with Crippen molar-refractivity contribution in [2.24, 2.45) is 11.8 Å². The van der Waals surface area contributed by atoms with E-state index in [1.807, 2.05) is 12.2 Å². The molecule has 1 saturated carbocycles. The first-order valence-electron chi connectivity index (χ1n) is 16.9. The molecule has 0 unspecified atom stereocenters. The molecule has 18 heteroatoms. The number of aliphatic hydroxyl groups excluding tert-OH is 3. The van der Waals surface area contributed by atoms with E-state index in [1.165, 1.54) is 43.5 Å². The maximum absolute atomic E-state index is 12.9. The van der Waals surface area contributed by atoms with Gasteiger partial charge >= 0.3 is 18.1 Å². The molecule has 0 spiro atoms. The molecule has 1 aliphatic rings. The Morgan fingerprint density at radius 3 is 2.56 bits per heavy atom. The van der Waals surface area contributed by atoms with Crippen molar-refractivity contribution in [1.29, 1.82) is 0 Å². The van der Waals surface area contributed by atoms with Gasteiger partial charge in [-0.25, -0.2) is 9.59 Å². The van der Waals surface area contributed by atoms with Crippen molar-refractivity contribution >= 4 is 17.8 Å². The van der Waals surface area contributed by atoms with Gasteiger partial charge in [0.25, 0.3) is 5.09 Å². The molecule has 5 atom stereocenters. The van der Waals surface area contributed by atoms with Crippen molar-refractivity contribution in [3.8, 4) is 17.2 Å². The lowest BCUT2D eigenvalue weighted by Gasteiger charge is -2.19. The van der Waals surface area contributed by atoms with Crippen LogP contribution in [0.25, 0.3) is 0 Å². The van der Waals surface area contributed by atoms with Crippen molar-refractivity contribution in [2.75, 3.05) is 33.5 Å². The molecule has 2 aromatic carbocycles. The fourth-order valence-electron chi connectivity index (χ4n) is 5.46. The van der Waals surface area contributed by atoms with Gasteiger partial charge in [0, 0.05) is 25.2 Å². The number of nitrogens with one attached hydrogen (secondary N) is 1. The summed E-state index contributed by atoms with van der Waals surface area (Å²) in [5.41, 5.74) is -0.797. The molecule has 15 nitrogen and oxygen atoms in total. The number of hydrogen-bond acceptors (Lipinski definition) is 13. The van der Waals surface area contributed by atoms with E-state index in [-0.39, 0.29) is 67.8 Å². The lowest BCUT2D eigenvalue weighted by molar-refractivity contribution is -0.757. The summed E-state index contributed by atoms with van der Waals surface area (Å²) < 4.78 is 59.5. The van der Waals surface area contributed by atoms with Crippen LogP contribution in [0.15, 0.2) is 66.8 Å². The molecule has 0 radical (unpaired) electrons. The van der Waals surface area contributed by atoms with Gasteiger partial charge in [-0.2, -0.15) is 13.2 Å². The minimum absolute atomic E-state index is 0.00493. The Morgan fingerprint density at radius 1 is 1.06 bits per heavy atom. The highest BCUT2D eigenvalue weighted by atomic mass is 19.4. The number of amides is 1. The van der Waals surface area contributed by atoms with Gasteiger partial charge in [0.2, 0.25) is 5.91 Å². The van der Waals surface area contributed by atoms with Gasteiger partial charge in [-0.3, -0.25) is 4.79 Å². The normalized spacial score (nSPS) is 19.0. The average Bonchev–Trinajstić information content (AvgIpc) is 3.40. The Hall–Kier alpha value is -5.20. The van der Waals surface area contributed by atoms with E-state index in [9.17, 15) is 53.0 Å². The number of unbranched alkanes of at least 4 members (excludes halogenated alkanes) is 1. The number of benzene rings is 2. The van der Waals surface area contributed by atoms with Gasteiger partial charge in [0.15, 0.2) is 11.5 Å². The van der Waals surface area contributed by atoms with E-state index in [0.717, 1.165) is 12.1 Å². The number of ether oxygens (including phenoxy) is 4. The van der Waals surface area contributed by atoms with Gasteiger partial charge in [-0.15, -0.1) is 10.1 Å². The van der Waals surface area contributed by atoms with E-state index < -0.39 is 65.4 Å². The van der Waals surface area contributed by atoms with Gasteiger partial charge in [0.05, 0.1) is 43.7 Å². The number of esters is 2. The van der Waals surface area contributed by atoms with Crippen LogP contribution in [0.4, 0.5) is 13.2 Å². The largest absolute Gasteiger partial charge is 0.493 e. The minimum atomic E-state index is -4.53. The zero-order valence-corrected chi connectivity index (χ0v) is 29.3. The molecule has 0 saturated heterocycles. The molecule has 1 amide bonds. The highest BCUT2D eigenvalue weighted by Gasteiger charge is 2.39. The second-order valence-corrected chi connectivity index (χ2v) is 12.2. The van der Waals surface area contributed by atoms with Crippen LogP contribution in [-0.4, -0.2) is 90.0 Å². The lowest BCUT2D eigenvalue weighted by Crippen LogP contribution is -2.31. The first kappa shape index (κ1) is 43.2. The fourth-order valence-corrected chi connectivity index (χ4v) is 5.46. The predicted octanol–water partition coefficient (Wildman–Crippen LogP) is 3.96. The smallest absolute Gasteiger partial charge is 0.416 e. The highest BCUT2D eigenvalue weighted by molar-refractivity contribution is 5.90. The lowest BCUT2D eigenvalue weighted by atomic mass is 9.89. The van der Waals surface area contributed by atoms with Crippen molar-refractivity contribution in [1.82, 2.24) is 5.32 Å². The van der Waals surface area contributed by atoms with Crippen molar-refractivity contribution < 1.29 is 71.7 Å². The Labute approximate surface area is 308 Å². The van der Waals surface area contributed by atoms with Crippen LogP contribution in [0.1, 0.15) is 54.4 Å². The molecule has 0 bridgehead atoms. The molecule has 0 aromatic heterocycles. The number of halogens is 3. The van der Waals surface area contributed by atoms with Crippen LogP contribution in [-0.2, 0) is 25.3 Å². The van der Waals surface area contributed by atoms with E-state index >= 15 is 0 Å². The number of aliphatic hydroxyl groups is 3. The number of allylic oxidation sites excluding steroid dienone is 2. The summed E-state index contributed by atoms with van der Waals surface area (Å²) >= 11 is 0. The van der Waals surface area contributed by atoms with Crippen molar-refractivity contribution in [3.63, 3.8) is 0 Å². The Bertz CT molecular complexity index is 1620. The number of nitrogens with zero attached hydrogens (tertiary/aromatic N) is 1. The summed E-state index contributed by atoms with van der Waals surface area (Å²) in [7, 11) is 1.29. The molecule has 4 N–H and O–H groups in total. The predicted molar refractivity (Wildman–Crippen MR) is 183 cm³/mol. The summed E-state index contributed by atoms with van der Waals surface area (Å²) in [6, 6.07) is 8.21. The van der Waals surface area contributed by atoms with Gasteiger partial charge < -0.3 is 44.4 Å². The van der Waals surface area contributed by atoms with E-state index in [2.05, 4.69) is 10.2 Å². The molecular formula is C36H43F3N2O13. The molecule has 296 valence electrons. The third-order valence-electron chi connectivity index (χ3n) is 8.17. The molecule has 2 aromatic rings. The molecule has 0 aliphatic heterocycles. The quantitative estimate of drug-likeness (QED) is 0.0354. The maximum Gasteiger partial charge on any atom is 0.416 e. The summed E-state index contributed by atoms with van der Waals surface area (Å²) in [6.45, 7) is -1.11. The molecule has 54 heavy (non-hydrogen) atoms. The van der Waals surface area contributed by atoms with Crippen LogP contribution in [0, 0.1) is 22.0 Å². The Balaban J connectivity index is 1.36. The monoisotopic (exact) mass is 768 g/mol. The number of carbonyl (C=O) groups is 3. The van der Waals surface area contributed by atoms with Crippen LogP contribution >= 0.6 is 0 Å². The molecule has 1 aliphatic carbocycles. The molecule has 3 rings (SSSR count). The number of hydrogen-bond donors (Lipinski definition) is 4. The van der Waals surface area contributed by atoms with Crippen molar-refractivity contribution in [2.45, 2.75) is 63.0 Å².